The van der Waals surface area contributed by atoms with Crippen molar-refractivity contribution in [2.24, 2.45) is 5.73 Å². The summed E-state index contributed by atoms with van der Waals surface area (Å²) in [4.78, 5) is 26.4. The third-order valence-corrected chi connectivity index (χ3v) is 6.12. The molecule has 3 rings (SSSR count). The third-order valence-electron chi connectivity index (χ3n) is 5.88. The molecule has 0 bridgehead atoms. The number of esters is 1. The largest absolute Gasteiger partial charge is 0.465 e. The van der Waals surface area contributed by atoms with E-state index in [4.69, 9.17) is 22.1 Å². The molecule has 0 radical (unpaired) electrons. The first-order valence-corrected chi connectivity index (χ1v) is 10.8. The van der Waals surface area contributed by atoms with Gasteiger partial charge in [-0.3, -0.25) is 4.79 Å². The molecule has 30 heavy (non-hydrogen) atoms. The zero-order chi connectivity index (χ0) is 21.7. The van der Waals surface area contributed by atoms with Crippen LogP contribution in [0.3, 0.4) is 0 Å². The molecule has 1 saturated heterocycles. The molecule has 0 spiro atoms. The first kappa shape index (κ1) is 22.2. The van der Waals surface area contributed by atoms with E-state index in [-0.39, 0.29) is 11.8 Å². The van der Waals surface area contributed by atoms with Crippen molar-refractivity contribution in [3.63, 3.8) is 0 Å². The number of piperidine rings is 1. The molecular formula is C24H29ClN2O3. The van der Waals surface area contributed by atoms with E-state index >= 15 is 0 Å². The highest BCUT2D eigenvalue weighted by atomic mass is 35.5. The first-order chi connectivity index (χ1) is 14.4. The quantitative estimate of drug-likeness (QED) is 0.638. The number of halogens is 1. The number of amides is 1. The smallest absolute Gasteiger partial charge is 0.337 e. The molecule has 2 atom stereocenters. The second kappa shape index (κ2) is 9.98. The number of hydrogen-bond acceptors (Lipinski definition) is 4. The Morgan fingerprint density at radius 3 is 2.37 bits per heavy atom. The SMILES string of the molecule is COC(=O)c1ccc(C(CC(C)c2cc(Cl)ccc2N2CCCCC2)C(N)=O)cc1. The predicted octanol–water partition coefficient (Wildman–Crippen LogP) is 4.88. The van der Waals surface area contributed by atoms with Crippen LogP contribution in [-0.4, -0.2) is 32.1 Å². The van der Waals surface area contributed by atoms with Gasteiger partial charge in [-0.1, -0.05) is 30.7 Å². The molecule has 2 unspecified atom stereocenters. The Labute approximate surface area is 183 Å². The molecule has 1 heterocycles. The molecule has 0 saturated carbocycles. The second-order valence-corrected chi connectivity index (χ2v) is 8.39. The molecule has 0 aromatic heterocycles. The van der Waals surface area contributed by atoms with Crippen LogP contribution in [0.2, 0.25) is 5.02 Å². The van der Waals surface area contributed by atoms with Crippen LogP contribution in [0.15, 0.2) is 42.5 Å². The van der Waals surface area contributed by atoms with Crippen molar-refractivity contribution >= 4 is 29.2 Å². The Morgan fingerprint density at radius 2 is 1.77 bits per heavy atom. The summed E-state index contributed by atoms with van der Waals surface area (Å²) in [7, 11) is 1.34. The Kier molecular flexibility index (Phi) is 7.38. The summed E-state index contributed by atoms with van der Waals surface area (Å²) in [6.07, 6.45) is 4.20. The fourth-order valence-corrected chi connectivity index (χ4v) is 4.39. The number of anilines is 1. The van der Waals surface area contributed by atoms with Gasteiger partial charge in [0.2, 0.25) is 5.91 Å². The summed E-state index contributed by atoms with van der Waals surface area (Å²) >= 11 is 6.32. The van der Waals surface area contributed by atoms with Gasteiger partial charge < -0.3 is 15.4 Å². The molecule has 6 heteroatoms. The van der Waals surface area contributed by atoms with Crippen LogP contribution in [-0.2, 0) is 9.53 Å². The van der Waals surface area contributed by atoms with Gasteiger partial charge in [-0.05, 0) is 73.1 Å². The number of nitrogens with two attached hydrogens (primary N) is 1. The van der Waals surface area contributed by atoms with Gasteiger partial charge in [0.15, 0.2) is 0 Å². The van der Waals surface area contributed by atoms with Crippen molar-refractivity contribution in [3.05, 3.63) is 64.2 Å². The van der Waals surface area contributed by atoms with Gasteiger partial charge in [0.1, 0.15) is 0 Å². The zero-order valence-corrected chi connectivity index (χ0v) is 18.3. The van der Waals surface area contributed by atoms with Crippen molar-refractivity contribution in [2.75, 3.05) is 25.1 Å². The van der Waals surface area contributed by atoms with E-state index in [0.717, 1.165) is 24.2 Å². The fraction of sp³-hybridized carbons (Fsp3) is 0.417. The predicted molar refractivity (Wildman–Crippen MR) is 120 cm³/mol. The average Bonchev–Trinajstić information content (AvgIpc) is 2.77. The van der Waals surface area contributed by atoms with E-state index in [2.05, 4.69) is 17.9 Å². The minimum Gasteiger partial charge on any atom is -0.465 e. The Hall–Kier alpha value is -2.53. The number of ether oxygens (including phenoxy) is 1. The number of carbonyl (C=O) groups is 2. The summed E-state index contributed by atoms with van der Waals surface area (Å²) in [5.74, 6) is -1.16. The van der Waals surface area contributed by atoms with Gasteiger partial charge >= 0.3 is 5.97 Å². The molecule has 160 valence electrons. The highest BCUT2D eigenvalue weighted by Crippen LogP contribution is 2.37. The number of methoxy groups -OCH3 is 1. The van der Waals surface area contributed by atoms with Gasteiger partial charge in [-0.15, -0.1) is 0 Å². The first-order valence-electron chi connectivity index (χ1n) is 10.4. The molecule has 1 fully saturated rings. The molecule has 1 aliphatic heterocycles. The minimum atomic E-state index is -0.458. The van der Waals surface area contributed by atoms with Crippen molar-refractivity contribution in [1.29, 1.82) is 0 Å². The van der Waals surface area contributed by atoms with Crippen LogP contribution in [0.1, 0.15) is 65.9 Å². The van der Waals surface area contributed by atoms with Crippen molar-refractivity contribution < 1.29 is 14.3 Å². The van der Waals surface area contributed by atoms with Crippen molar-refractivity contribution in [1.82, 2.24) is 0 Å². The van der Waals surface area contributed by atoms with Crippen LogP contribution in [0, 0.1) is 0 Å². The number of rotatable bonds is 7. The van der Waals surface area contributed by atoms with Crippen molar-refractivity contribution in [3.8, 4) is 0 Å². The molecule has 2 aromatic rings. The summed E-state index contributed by atoms with van der Waals surface area (Å²) in [5.41, 5.74) is 9.33. The Bertz CT molecular complexity index is 892. The van der Waals surface area contributed by atoms with E-state index in [1.165, 1.54) is 32.1 Å². The maximum atomic E-state index is 12.3. The molecule has 5 nitrogen and oxygen atoms in total. The maximum absolute atomic E-state index is 12.3. The lowest BCUT2D eigenvalue weighted by molar-refractivity contribution is -0.119. The van der Waals surface area contributed by atoms with Gasteiger partial charge in [0.25, 0.3) is 0 Å². The third kappa shape index (κ3) is 5.14. The molecule has 2 aromatic carbocycles. The average molecular weight is 429 g/mol. The van der Waals surface area contributed by atoms with E-state index in [9.17, 15) is 9.59 Å². The van der Waals surface area contributed by atoms with E-state index in [1.54, 1.807) is 24.3 Å². The van der Waals surface area contributed by atoms with Crippen LogP contribution in [0.25, 0.3) is 0 Å². The summed E-state index contributed by atoms with van der Waals surface area (Å²) in [6.45, 7) is 4.18. The molecule has 1 aliphatic rings. The lowest BCUT2D eigenvalue weighted by Gasteiger charge is -2.32. The molecule has 1 amide bonds. The number of carbonyl (C=O) groups excluding carboxylic acids is 2. The standard InChI is InChI=1S/C24H29ClN2O3/c1-16(20-15-19(25)10-11-22(20)27-12-4-3-5-13-27)14-21(23(26)28)17-6-8-18(9-7-17)24(29)30-2/h6-11,15-16,21H,3-5,12-14H2,1-2H3,(H2,26,28). The minimum absolute atomic E-state index is 0.0819. The van der Waals surface area contributed by atoms with Crippen LogP contribution in [0.5, 0.6) is 0 Å². The van der Waals surface area contributed by atoms with Crippen LogP contribution in [0.4, 0.5) is 5.69 Å². The number of primary amides is 1. The second-order valence-electron chi connectivity index (χ2n) is 7.96. The highest BCUT2D eigenvalue weighted by Gasteiger charge is 2.25. The maximum Gasteiger partial charge on any atom is 0.337 e. The lowest BCUT2D eigenvalue weighted by Crippen LogP contribution is -2.30. The summed E-state index contributed by atoms with van der Waals surface area (Å²) in [5, 5.41) is 0.690. The van der Waals surface area contributed by atoms with E-state index < -0.39 is 11.9 Å². The van der Waals surface area contributed by atoms with Gasteiger partial charge in [0, 0.05) is 23.8 Å². The van der Waals surface area contributed by atoms with Crippen molar-refractivity contribution in [2.45, 2.75) is 44.4 Å². The van der Waals surface area contributed by atoms with Crippen LogP contribution < -0.4 is 10.6 Å². The normalized spacial score (nSPS) is 16.0. The summed E-state index contributed by atoms with van der Waals surface area (Å²) < 4.78 is 4.74. The molecular weight excluding hydrogens is 400 g/mol. The topological polar surface area (TPSA) is 72.6 Å². The van der Waals surface area contributed by atoms with Gasteiger partial charge in [0.05, 0.1) is 18.6 Å². The highest BCUT2D eigenvalue weighted by molar-refractivity contribution is 6.30. The van der Waals surface area contributed by atoms with E-state index in [1.807, 2.05) is 12.1 Å². The zero-order valence-electron chi connectivity index (χ0n) is 17.6. The van der Waals surface area contributed by atoms with Gasteiger partial charge in [-0.25, -0.2) is 4.79 Å². The number of benzene rings is 2. The van der Waals surface area contributed by atoms with Gasteiger partial charge in [-0.2, -0.15) is 0 Å². The fourth-order valence-electron chi connectivity index (χ4n) is 4.21. The summed E-state index contributed by atoms with van der Waals surface area (Å²) in [6, 6.07) is 12.9. The number of hydrogen-bond donors (Lipinski definition) is 1. The molecule has 0 aliphatic carbocycles. The number of nitrogens with zero attached hydrogens (tertiary/aromatic N) is 1. The van der Waals surface area contributed by atoms with Crippen LogP contribution >= 0.6 is 11.6 Å². The Balaban J connectivity index is 1.85. The lowest BCUT2D eigenvalue weighted by atomic mass is 9.84. The Morgan fingerprint density at radius 1 is 1.10 bits per heavy atom. The molecule has 2 N–H and O–H groups in total. The monoisotopic (exact) mass is 428 g/mol. The van der Waals surface area contributed by atoms with E-state index in [0.29, 0.717) is 17.0 Å².